The number of carboxylic acid groups (broad SMARTS) is 1. The molecule has 2 fully saturated rings. The summed E-state index contributed by atoms with van der Waals surface area (Å²) in [6, 6.07) is 0. The van der Waals surface area contributed by atoms with E-state index in [9.17, 15) is 9.90 Å². The van der Waals surface area contributed by atoms with Gasteiger partial charge in [-0.25, -0.2) is 4.79 Å². The van der Waals surface area contributed by atoms with E-state index >= 15 is 0 Å². The second-order valence-electron chi connectivity index (χ2n) is 6.69. The Hall–Kier alpha value is -0.650. The molecule has 5 nitrogen and oxygen atoms in total. The number of aliphatic hydroxyl groups is 1. The number of carboxylic acids is 1. The van der Waals surface area contributed by atoms with Gasteiger partial charge in [-0.05, 0) is 43.9 Å². The summed E-state index contributed by atoms with van der Waals surface area (Å²) in [6.07, 6.45) is 5.10. The van der Waals surface area contributed by atoms with Gasteiger partial charge < -0.3 is 19.7 Å². The fourth-order valence-corrected chi connectivity index (χ4v) is 3.99. The standard InChI is InChI=1S/C16H28O5/c1-10-6-7-12-4-3-5-13(14(12)8-20-10)11(2)16(19)21-9-15(17)18/h10-14,16,19H,3-9H2,1-2H3,(H,17,18). The second-order valence-corrected chi connectivity index (χ2v) is 6.69. The molecular formula is C16H28O5. The highest BCUT2D eigenvalue weighted by atomic mass is 16.6. The lowest BCUT2D eigenvalue weighted by atomic mass is 9.66. The van der Waals surface area contributed by atoms with E-state index in [-0.39, 0.29) is 5.92 Å². The van der Waals surface area contributed by atoms with Crippen molar-refractivity contribution in [2.45, 2.75) is 58.3 Å². The van der Waals surface area contributed by atoms with Crippen LogP contribution in [0.5, 0.6) is 0 Å². The van der Waals surface area contributed by atoms with Gasteiger partial charge in [-0.1, -0.05) is 19.8 Å². The van der Waals surface area contributed by atoms with Crippen molar-refractivity contribution in [3.63, 3.8) is 0 Å². The minimum atomic E-state index is -1.05. The van der Waals surface area contributed by atoms with Crippen LogP contribution in [0.1, 0.15) is 46.0 Å². The van der Waals surface area contributed by atoms with Gasteiger partial charge in [-0.3, -0.25) is 0 Å². The van der Waals surface area contributed by atoms with Crippen molar-refractivity contribution in [1.29, 1.82) is 0 Å². The molecule has 1 aliphatic carbocycles. The van der Waals surface area contributed by atoms with Crippen LogP contribution in [0.25, 0.3) is 0 Å². The summed E-state index contributed by atoms with van der Waals surface area (Å²) in [6.45, 7) is 4.40. The topological polar surface area (TPSA) is 76.0 Å². The number of hydrogen-bond acceptors (Lipinski definition) is 4. The van der Waals surface area contributed by atoms with Gasteiger partial charge in [0, 0.05) is 5.92 Å². The molecule has 5 heteroatoms. The lowest BCUT2D eigenvalue weighted by molar-refractivity contribution is -0.174. The van der Waals surface area contributed by atoms with Gasteiger partial charge in [0.05, 0.1) is 12.7 Å². The molecule has 2 aliphatic rings. The summed E-state index contributed by atoms with van der Waals surface area (Å²) >= 11 is 0. The zero-order valence-corrected chi connectivity index (χ0v) is 13.0. The van der Waals surface area contributed by atoms with Crippen LogP contribution in [-0.2, 0) is 14.3 Å². The first-order valence-corrected chi connectivity index (χ1v) is 8.12. The molecule has 21 heavy (non-hydrogen) atoms. The van der Waals surface area contributed by atoms with Crippen LogP contribution >= 0.6 is 0 Å². The third-order valence-corrected chi connectivity index (χ3v) is 5.29. The normalized spacial score (nSPS) is 36.3. The van der Waals surface area contributed by atoms with Crippen molar-refractivity contribution in [2.75, 3.05) is 13.2 Å². The van der Waals surface area contributed by atoms with Gasteiger partial charge >= 0.3 is 5.97 Å². The van der Waals surface area contributed by atoms with Crippen molar-refractivity contribution in [3.05, 3.63) is 0 Å². The van der Waals surface area contributed by atoms with Crippen LogP contribution in [-0.4, -0.2) is 41.8 Å². The molecule has 0 aromatic heterocycles. The summed E-state index contributed by atoms with van der Waals surface area (Å²) in [5.74, 6) is 0.367. The maximum Gasteiger partial charge on any atom is 0.329 e. The van der Waals surface area contributed by atoms with Crippen molar-refractivity contribution in [1.82, 2.24) is 0 Å². The molecule has 1 heterocycles. The molecule has 0 aromatic rings. The minimum Gasteiger partial charge on any atom is -0.480 e. The molecule has 6 unspecified atom stereocenters. The molecule has 0 spiro atoms. The molecule has 2 N–H and O–H groups in total. The third kappa shape index (κ3) is 4.41. The van der Waals surface area contributed by atoms with E-state index in [2.05, 4.69) is 6.92 Å². The Balaban J connectivity index is 1.97. The predicted octanol–water partition coefficient (Wildman–Crippen LogP) is 2.27. The molecule has 2 rings (SSSR count). The van der Waals surface area contributed by atoms with E-state index in [1.807, 2.05) is 6.92 Å². The SMILES string of the molecule is CC1CCC2CCCC(C(C)C(O)OCC(=O)O)C2CO1. The number of rotatable bonds is 5. The van der Waals surface area contributed by atoms with Crippen molar-refractivity contribution < 1.29 is 24.5 Å². The number of ether oxygens (including phenoxy) is 2. The molecule has 122 valence electrons. The molecule has 0 bridgehead atoms. The molecule has 1 saturated heterocycles. The highest BCUT2D eigenvalue weighted by Gasteiger charge is 2.40. The van der Waals surface area contributed by atoms with E-state index in [1.165, 1.54) is 19.3 Å². The maximum absolute atomic E-state index is 10.6. The predicted molar refractivity (Wildman–Crippen MR) is 77.7 cm³/mol. The summed E-state index contributed by atoms with van der Waals surface area (Å²) in [5, 5.41) is 18.8. The molecule has 6 atom stereocenters. The second kappa shape index (κ2) is 7.56. The first kappa shape index (κ1) is 16.7. The minimum absolute atomic E-state index is 0.0610. The fourth-order valence-electron chi connectivity index (χ4n) is 3.99. The number of aliphatic hydroxyl groups excluding tert-OH is 1. The van der Waals surface area contributed by atoms with Gasteiger partial charge in [0.15, 0.2) is 6.29 Å². The van der Waals surface area contributed by atoms with Gasteiger partial charge in [-0.2, -0.15) is 0 Å². The van der Waals surface area contributed by atoms with Crippen LogP contribution in [0.3, 0.4) is 0 Å². The highest BCUT2D eigenvalue weighted by Crippen LogP contribution is 2.44. The van der Waals surface area contributed by atoms with E-state index in [0.29, 0.717) is 23.9 Å². The van der Waals surface area contributed by atoms with Crippen LogP contribution in [0.15, 0.2) is 0 Å². The van der Waals surface area contributed by atoms with Gasteiger partial charge in [0.25, 0.3) is 0 Å². The summed E-state index contributed by atoms with van der Waals surface area (Å²) in [4.78, 5) is 10.6. The van der Waals surface area contributed by atoms with Crippen LogP contribution in [0.4, 0.5) is 0 Å². The highest BCUT2D eigenvalue weighted by molar-refractivity contribution is 5.68. The molecule has 1 aliphatic heterocycles. The summed E-state index contributed by atoms with van der Waals surface area (Å²) < 4.78 is 11.0. The zero-order chi connectivity index (χ0) is 15.4. The first-order chi connectivity index (χ1) is 9.99. The van der Waals surface area contributed by atoms with Crippen molar-refractivity contribution in [2.24, 2.45) is 23.7 Å². The maximum atomic E-state index is 10.6. The first-order valence-electron chi connectivity index (χ1n) is 8.12. The molecule has 0 aromatic carbocycles. The Kier molecular flexibility index (Phi) is 6.02. The van der Waals surface area contributed by atoms with Crippen LogP contribution in [0, 0.1) is 23.7 Å². The van der Waals surface area contributed by atoms with E-state index < -0.39 is 18.9 Å². The monoisotopic (exact) mass is 300 g/mol. The van der Waals surface area contributed by atoms with Crippen molar-refractivity contribution in [3.8, 4) is 0 Å². The third-order valence-electron chi connectivity index (χ3n) is 5.29. The van der Waals surface area contributed by atoms with E-state index in [1.54, 1.807) is 0 Å². The van der Waals surface area contributed by atoms with E-state index in [4.69, 9.17) is 14.6 Å². The number of fused-ring (bicyclic) bond motifs is 1. The smallest absolute Gasteiger partial charge is 0.329 e. The lowest BCUT2D eigenvalue weighted by Crippen LogP contribution is -2.39. The summed E-state index contributed by atoms with van der Waals surface area (Å²) in [7, 11) is 0. The van der Waals surface area contributed by atoms with E-state index in [0.717, 1.165) is 19.4 Å². The van der Waals surface area contributed by atoms with Gasteiger partial charge in [0.1, 0.15) is 6.61 Å². The number of hydrogen-bond donors (Lipinski definition) is 2. The number of carbonyl (C=O) groups is 1. The zero-order valence-electron chi connectivity index (χ0n) is 13.0. The molecule has 1 saturated carbocycles. The van der Waals surface area contributed by atoms with Crippen LogP contribution in [0.2, 0.25) is 0 Å². The summed E-state index contributed by atoms with van der Waals surface area (Å²) in [5.41, 5.74) is 0. The Morgan fingerprint density at radius 2 is 2.10 bits per heavy atom. The largest absolute Gasteiger partial charge is 0.480 e. The fraction of sp³-hybridized carbons (Fsp3) is 0.938. The Morgan fingerprint density at radius 3 is 2.81 bits per heavy atom. The van der Waals surface area contributed by atoms with Crippen molar-refractivity contribution >= 4 is 5.97 Å². The number of aliphatic carboxylic acids is 1. The Bertz CT molecular complexity index is 346. The lowest BCUT2D eigenvalue weighted by Gasteiger charge is -2.41. The Morgan fingerprint density at radius 1 is 1.33 bits per heavy atom. The quantitative estimate of drug-likeness (QED) is 0.762. The van der Waals surface area contributed by atoms with Crippen LogP contribution < -0.4 is 0 Å². The van der Waals surface area contributed by atoms with Gasteiger partial charge in [-0.15, -0.1) is 0 Å². The average molecular weight is 300 g/mol. The van der Waals surface area contributed by atoms with Gasteiger partial charge in [0.2, 0.25) is 0 Å². The molecule has 0 amide bonds. The molecule has 0 radical (unpaired) electrons. The molecular weight excluding hydrogens is 272 g/mol. The Labute approximate surface area is 126 Å². The average Bonchev–Trinajstić information content (AvgIpc) is 2.66.